The number of nitrogens with zero attached hydrogens (tertiary/aromatic N) is 3. The maximum atomic E-state index is 12.7. The van der Waals surface area contributed by atoms with E-state index in [2.05, 4.69) is 26.6 Å². The Hall–Kier alpha value is -2.30. The van der Waals surface area contributed by atoms with Gasteiger partial charge in [-0.15, -0.1) is 21.5 Å². The van der Waals surface area contributed by atoms with Crippen LogP contribution in [0.15, 0.2) is 22.5 Å². The molecule has 0 aliphatic heterocycles. The van der Waals surface area contributed by atoms with Crippen LogP contribution in [0.2, 0.25) is 0 Å². The molecule has 0 aliphatic carbocycles. The number of aryl methyl sites for hydroxylation is 3. The molecular weight excluding hydrogens is 428 g/mol. The molecule has 152 valence electrons. The summed E-state index contributed by atoms with van der Waals surface area (Å²) in [6, 6.07) is 6.17. The topological polar surface area (TPSA) is 94.1 Å². The van der Waals surface area contributed by atoms with Gasteiger partial charge in [0.25, 0.3) is 5.91 Å². The number of carbonyl (C=O) groups is 2. The van der Waals surface area contributed by atoms with Crippen molar-refractivity contribution in [1.82, 2.24) is 15.2 Å². The average Bonchev–Trinajstić information content (AvgIpc) is 3.26. The zero-order chi connectivity index (χ0) is 21.0. The number of nitrogens with one attached hydrogen (secondary N) is 1. The normalized spacial score (nSPS) is 10.8. The van der Waals surface area contributed by atoms with E-state index in [4.69, 9.17) is 4.74 Å². The molecule has 0 radical (unpaired) electrons. The van der Waals surface area contributed by atoms with Gasteiger partial charge >= 0.3 is 5.97 Å². The second-order valence-corrected chi connectivity index (χ2v) is 9.37. The summed E-state index contributed by atoms with van der Waals surface area (Å²) < 4.78 is 5.47. The molecular formula is C19H20N4O3S3. The lowest BCUT2D eigenvalue weighted by molar-refractivity contribution is -0.139. The summed E-state index contributed by atoms with van der Waals surface area (Å²) in [6.07, 6.45) is 0. The van der Waals surface area contributed by atoms with Crippen LogP contribution in [0.4, 0.5) is 5.13 Å². The minimum absolute atomic E-state index is 0.156. The van der Waals surface area contributed by atoms with Gasteiger partial charge in [0.2, 0.25) is 5.13 Å². The number of hydrogen-bond acceptors (Lipinski definition) is 9. The predicted molar refractivity (Wildman–Crippen MR) is 117 cm³/mol. The fraction of sp³-hybridized carbons (Fsp3) is 0.316. The Bertz CT molecular complexity index is 1050. The van der Waals surface area contributed by atoms with Crippen molar-refractivity contribution < 1.29 is 14.3 Å². The number of anilines is 1. The molecule has 0 saturated heterocycles. The minimum Gasteiger partial charge on any atom is -0.465 e. The van der Waals surface area contributed by atoms with Gasteiger partial charge in [0, 0.05) is 5.56 Å². The highest BCUT2D eigenvalue weighted by atomic mass is 32.2. The van der Waals surface area contributed by atoms with Crippen molar-refractivity contribution in [2.45, 2.75) is 32.0 Å². The van der Waals surface area contributed by atoms with Gasteiger partial charge in [-0.1, -0.05) is 46.9 Å². The van der Waals surface area contributed by atoms with Crippen LogP contribution in [-0.2, 0) is 9.53 Å². The number of benzene rings is 1. The number of carbonyl (C=O) groups excluding carboxylic acids is 2. The molecule has 1 amide bonds. The van der Waals surface area contributed by atoms with Gasteiger partial charge in [-0.2, -0.15) is 0 Å². The Kier molecular flexibility index (Phi) is 6.99. The number of rotatable bonds is 7. The van der Waals surface area contributed by atoms with Crippen LogP contribution in [0, 0.1) is 20.8 Å². The van der Waals surface area contributed by atoms with Crippen molar-refractivity contribution >= 4 is 51.4 Å². The average molecular weight is 449 g/mol. The number of aromatic nitrogens is 3. The molecule has 2 heterocycles. The summed E-state index contributed by atoms with van der Waals surface area (Å²) in [5, 5.41) is 11.9. The highest BCUT2D eigenvalue weighted by Gasteiger charge is 2.19. The monoisotopic (exact) mass is 448 g/mol. The first-order valence-electron chi connectivity index (χ1n) is 8.85. The molecule has 29 heavy (non-hydrogen) atoms. The summed E-state index contributed by atoms with van der Waals surface area (Å²) in [5.74, 6) is -0.421. The lowest BCUT2D eigenvalue weighted by Gasteiger charge is -2.03. The second kappa shape index (κ2) is 9.47. The van der Waals surface area contributed by atoms with Crippen LogP contribution in [0.1, 0.15) is 33.4 Å². The fourth-order valence-corrected chi connectivity index (χ4v) is 5.17. The third-order valence-corrected chi connectivity index (χ3v) is 7.00. The zero-order valence-electron chi connectivity index (χ0n) is 16.4. The lowest BCUT2D eigenvalue weighted by Crippen LogP contribution is -2.11. The van der Waals surface area contributed by atoms with E-state index in [0.29, 0.717) is 26.6 Å². The Balaban J connectivity index is 1.69. The van der Waals surface area contributed by atoms with Crippen molar-refractivity contribution in [3.63, 3.8) is 0 Å². The summed E-state index contributed by atoms with van der Waals surface area (Å²) >= 11 is 3.80. The van der Waals surface area contributed by atoms with E-state index in [-0.39, 0.29) is 17.6 Å². The first-order chi connectivity index (χ1) is 13.9. The molecule has 0 bridgehead atoms. The SMILES string of the molecule is CCOC(=O)CSc1nnc(NC(=O)c2sc(-c3ccc(C)cc3C)nc2C)s1. The quantitative estimate of drug-likeness (QED) is 0.323. The smallest absolute Gasteiger partial charge is 0.316 e. The molecule has 0 fully saturated rings. The number of esters is 1. The first kappa shape index (κ1) is 21.4. The van der Waals surface area contributed by atoms with Crippen molar-refractivity contribution in [3.05, 3.63) is 39.9 Å². The third-order valence-electron chi connectivity index (χ3n) is 3.86. The van der Waals surface area contributed by atoms with Gasteiger partial charge in [0.05, 0.1) is 18.1 Å². The Labute approximate surface area is 180 Å². The predicted octanol–water partition coefficient (Wildman–Crippen LogP) is 4.49. The van der Waals surface area contributed by atoms with Gasteiger partial charge in [0.15, 0.2) is 4.34 Å². The van der Waals surface area contributed by atoms with Crippen molar-refractivity contribution in [1.29, 1.82) is 0 Å². The van der Waals surface area contributed by atoms with Crippen molar-refractivity contribution in [2.24, 2.45) is 0 Å². The summed E-state index contributed by atoms with van der Waals surface area (Å²) in [4.78, 5) is 29.2. The third kappa shape index (κ3) is 5.40. The minimum atomic E-state index is -0.308. The molecule has 0 saturated carbocycles. The number of ether oxygens (including phenoxy) is 1. The molecule has 3 rings (SSSR count). The lowest BCUT2D eigenvalue weighted by atomic mass is 10.1. The fourth-order valence-electron chi connectivity index (χ4n) is 2.57. The Morgan fingerprint density at radius 3 is 2.69 bits per heavy atom. The maximum absolute atomic E-state index is 12.7. The Morgan fingerprint density at radius 1 is 1.17 bits per heavy atom. The molecule has 0 aliphatic rings. The van der Waals surface area contributed by atoms with Crippen LogP contribution < -0.4 is 5.32 Å². The van der Waals surface area contributed by atoms with E-state index in [1.54, 1.807) is 6.92 Å². The first-order valence-corrected chi connectivity index (χ1v) is 11.5. The molecule has 7 nitrogen and oxygen atoms in total. The maximum Gasteiger partial charge on any atom is 0.316 e. The summed E-state index contributed by atoms with van der Waals surface area (Å²) in [5.41, 5.74) is 4.00. The van der Waals surface area contributed by atoms with Gasteiger partial charge in [0.1, 0.15) is 9.88 Å². The van der Waals surface area contributed by atoms with E-state index in [1.807, 2.05) is 32.9 Å². The molecule has 1 N–H and O–H groups in total. The van der Waals surface area contributed by atoms with Crippen LogP contribution in [0.3, 0.4) is 0 Å². The second-order valence-electron chi connectivity index (χ2n) is 6.17. The van der Waals surface area contributed by atoms with E-state index in [0.717, 1.165) is 16.1 Å². The van der Waals surface area contributed by atoms with E-state index >= 15 is 0 Å². The Morgan fingerprint density at radius 2 is 1.97 bits per heavy atom. The standard InChI is InChI=1S/C19H20N4O3S3/c1-5-26-14(24)9-27-19-23-22-18(29-19)21-16(25)15-12(4)20-17(28-15)13-7-6-10(2)8-11(13)3/h6-8H,5,9H2,1-4H3,(H,21,22,25). The van der Waals surface area contributed by atoms with Crippen molar-refractivity contribution in [3.8, 4) is 10.6 Å². The number of thiazole rings is 1. The van der Waals surface area contributed by atoms with Crippen LogP contribution in [0.5, 0.6) is 0 Å². The number of hydrogen-bond donors (Lipinski definition) is 1. The van der Waals surface area contributed by atoms with E-state index in [1.165, 1.54) is 40.0 Å². The van der Waals surface area contributed by atoms with Gasteiger partial charge in [-0.3, -0.25) is 14.9 Å². The highest BCUT2D eigenvalue weighted by molar-refractivity contribution is 8.01. The van der Waals surface area contributed by atoms with E-state index in [9.17, 15) is 9.59 Å². The largest absolute Gasteiger partial charge is 0.465 e. The van der Waals surface area contributed by atoms with Gasteiger partial charge in [-0.05, 0) is 33.3 Å². The number of thioether (sulfide) groups is 1. The summed E-state index contributed by atoms with van der Waals surface area (Å²) in [6.45, 7) is 8.00. The number of amides is 1. The van der Waals surface area contributed by atoms with Crippen molar-refractivity contribution in [2.75, 3.05) is 17.7 Å². The molecule has 0 unspecified atom stereocenters. The summed E-state index contributed by atoms with van der Waals surface area (Å²) in [7, 11) is 0. The van der Waals surface area contributed by atoms with Crippen LogP contribution in [0.25, 0.3) is 10.6 Å². The zero-order valence-corrected chi connectivity index (χ0v) is 18.9. The molecule has 2 aromatic heterocycles. The molecule has 0 atom stereocenters. The molecule has 0 spiro atoms. The van der Waals surface area contributed by atoms with Crippen LogP contribution in [-0.4, -0.2) is 39.4 Å². The van der Waals surface area contributed by atoms with E-state index < -0.39 is 0 Å². The molecule has 1 aromatic carbocycles. The van der Waals surface area contributed by atoms with Crippen LogP contribution >= 0.6 is 34.4 Å². The van der Waals surface area contributed by atoms with Gasteiger partial charge < -0.3 is 4.74 Å². The van der Waals surface area contributed by atoms with Gasteiger partial charge in [-0.25, -0.2) is 4.98 Å². The molecule has 10 heteroatoms. The molecule has 3 aromatic rings. The highest BCUT2D eigenvalue weighted by Crippen LogP contribution is 2.32.